The van der Waals surface area contributed by atoms with Crippen LogP contribution in [0.3, 0.4) is 0 Å². The molecule has 0 amide bonds. The summed E-state index contributed by atoms with van der Waals surface area (Å²) in [5.74, 6) is 2.59. The maximum atomic E-state index is 2.44. The average molecular weight is 335 g/mol. The molecule has 0 N–H and O–H groups in total. The third-order valence-corrected chi connectivity index (χ3v) is 6.36. The van der Waals surface area contributed by atoms with E-state index in [0.717, 1.165) is 11.8 Å². The van der Waals surface area contributed by atoms with Crippen molar-refractivity contribution in [1.29, 1.82) is 0 Å². The highest BCUT2D eigenvalue weighted by Crippen LogP contribution is 2.39. The van der Waals surface area contributed by atoms with Crippen molar-refractivity contribution in [3.05, 3.63) is 60.2 Å². The van der Waals surface area contributed by atoms with E-state index in [-0.39, 0.29) is 0 Å². The Morgan fingerprint density at radius 3 is 2.08 bits per heavy atom. The van der Waals surface area contributed by atoms with Crippen LogP contribution in [0.2, 0.25) is 0 Å². The lowest BCUT2D eigenvalue weighted by Crippen LogP contribution is -2.19. The fraction of sp³-hybridized carbons (Fsp3) is 0.520. The van der Waals surface area contributed by atoms with Gasteiger partial charge >= 0.3 is 0 Å². The molecule has 1 aliphatic rings. The maximum Gasteiger partial charge on any atom is -0.0162 e. The average Bonchev–Trinajstić information content (AvgIpc) is 2.69. The number of hydrogen-bond acceptors (Lipinski definition) is 0. The molecule has 1 aliphatic carbocycles. The molecule has 1 saturated carbocycles. The van der Waals surface area contributed by atoms with Crippen LogP contribution in [0, 0.1) is 11.8 Å². The van der Waals surface area contributed by atoms with Gasteiger partial charge in [0.1, 0.15) is 0 Å². The molecule has 2 aromatic carbocycles. The van der Waals surface area contributed by atoms with Crippen LogP contribution in [-0.2, 0) is 0 Å². The highest BCUT2D eigenvalue weighted by molar-refractivity contribution is 5.63. The van der Waals surface area contributed by atoms with Gasteiger partial charge in [-0.3, -0.25) is 0 Å². The monoisotopic (exact) mass is 334 g/mol. The molecule has 0 spiro atoms. The van der Waals surface area contributed by atoms with E-state index in [1.54, 1.807) is 0 Å². The zero-order valence-corrected chi connectivity index (χ0v) is 16.1. The quantitative estimate of drug-likeness (QED) is 0.452. The van der Waals surface area contributed by atoms with Crippen molar-refractivity contribution in [2.75, 3.05) is 0 Å². The van der Waals surface area contributed by atoms with E-state index >= 15 is 0 Å². The topological polar surface area (TPSA) is 0 Å². The number of benzene rings is 2. The molecule has 1 unspecified atom stereocenters. The fourth-order valence-electron chi connectivity index (χ4n) is 4.54. The lowest BCUT2D eigenvalue weighted by Gasteiger charge is -2.32. The molecule has 0 nitrogen and oxygen atoms in total. The van der Waals surface area contributed by atoms with Crippen LogP contribution in [-0.4, -0.2) is 0 Å². The Labute approximate surface area is 154 Å². The summed E-state index contributed by atoms with van der Waals surface area (Å²) in [6, 6.07) is 20.0. The van der Waals surface area contributed by atoms with E-state index in [0.29, 0.717) is 5.92 Å². The van der Waals surface area contributed by atoms with Gasteiger partial charge in [-0.2, -0.15) is 0 Å². The summed E-state index contributed by atoms with van der Waals surface area (Å²) in [6.45, 7) is 4.75. The van der Waals surface area contributed by atoms with Gasteiger partial charge < -0.3 is 0 Å². The summed E-state index contributed by atoms with van der Waals surface area (Å²) in [5.41, 5.74) is 4.17. The third-order valence-electron chi connectivity index (χ3n) is 6.36. The molecule has 0 aromatic heterocycles. The molecule has 2 aromatic rings. The molecule has 0 aliphatic heterocycles. The van der Waals surface area contributed by atoms with Crippen LogP contribution in [0.5, 0.6) is 0 Å². The Kier molecular flexibility index (Phi) is 6.73. The lowest BCUT2D eigenvalue weighted by molar-refractivity contribution is 0.236. The molecule has 0 bridgehead atoms. The van der Waals surface area contributed by atoms with E-state index in [2.05, 4.69) is 68.4 Å². The second kappa shape index (κ2) is 9.22. The lowest BCUT2D eigenvalue weighted by atomic mass is 9.73. The Balaban J connectivity index is 1.54. The number of hydrogen-bond donors (Lipinski definition) is 0. The Morgan fingerprint density at radius 2 is 1.44 bits per heavy atom. The first-order valence-electron chi connectivity index (χ1n) is 10.4. The number of rotatable bonds is 7. The third kappa shape index (κ3) is 4.97. The summed E-state index contributed by atoms with van der Waals surface area (Å²) in [6.07, 6.45) is 11.5. The predicted octanol–water partition coefficient (Wildman–Crippen LogP) is 7.84. The van der Waals surface area contributed by atoms with Crippen molar-refractivity contribution >= 4 is 0 Å². The second-order valence-corrected chi connectivity index (χ2v) is 8.05. The zero-order chi connectivity index (χ0) is 17.5. The molecular weight excluding hydrogens is 300 g/mol. The fourth-order valence-corrected chi connectivity index (χ4v) is 4.54. The summed E-state index contributed by atoms with van der Waals surface area (Å²) in [7, 11) is 0. The highest BCUT2D eigenvalue weighted by atomic mass is 14.3. The molecule has 134 valence electrons. The molecule has 0 heteroatoms. The van der Waals surface area contributed by atoms with Crippen LogP contribution >= 0.6 is 0 Å². The van der Waals surface area contributed by atoms with Crippen molar-refractivity contribution in [1.82, 2.24) is 0 Å². The van der Waals surface area contributed by atoms with Crippen LogP contribution in [0.4, 0.5) is 0 Å². The van der Waals surface area contributed by atoms with Crippen molar-refractivity contribution in [3.63, 3.8) is 0 Å². The molecular formula is C25H34. The first-order valence-corrected chi connectivity index (χ1v) is 10.4. The summed E-state index contributed by atoms with van der Waals surface area (Å²) in [5, 5.41) is 0. The smallest absolute Gasteiger partial charge is 0.0162 e. The minimum Gasteiger partial charge on any atom is -0.0654 e. The van der Waals surface area contributed by atoms with Gasteiger partial charge in [0, 0.05) is 0 Å². The second-order valence-electron chi connectivity index (χ2n) is 8.05. The molecule has 1 fully saturated rings. The van der Waals surface area contributed by atoms with Gasteiger partial charge in [0.05, 0.1) is 0 Å². The van der Waals surface area contributed by atoms with Crippen molar-refractivity contribution in [2.24, 2.45) is 11.8 Å². The summed E-state index contributed by atoms with van der Waals surface area (Å²) in [4.78, 5) is 0. The summed E-state index contributed by atoms with van der Waals surface area (Å²) < 4.78 is 0. The summed E-state index contributed by atoms with van der Waals surface area (Å²) >= 11 is 0. The first-order chi connectivity index (χ1) is 12.3. The minimum atomic E-state index is 0.696. The van der Waals surface area contributed by atoms with Gasteiger partial charge in [-0.05, 0) is 47.3 Å². The molecule has 0 radical (unpaired) electrons. The van der Waals surface area contributed by atoms with Gasteiger partial charge in [0.15, 0.2) is 0 Å². The SMILES string of the molecule is CCCCC[C@H]1CC[C@H](C(C)c2ccc(-c3ccccc3)cc2)CC1. The van der Waals surface area contributed by atoms with E-state index in [1.807, 2.05) is 0 Å². The molecule has 25 heavy (non-hydrogen) atoms. The van der Waals surface area contributed by atoms with Crippen LogP contribution in [0.25, 0.3) is 11.1 Å². The van der Waals surface area contributed by atoms with Gasteiger partial charge in [0.25, 0.3) is 0 Å². The zero-order valence-electron chi connectivity index (χ0n) is 16.1. The molecule has 0 saturated heterocycles. The van der Waals surface area contributed by atoms with E-state index in [9.17, 15) is 0 Å². The van der Waals surface area contributed by atoms with Gasteiger partial charge in [0.2, 0.25) is 0 Å². The Bertz CT molecular complexity index is 602. The Hall–Kier alpha value is -1.56. The highest BCUT2D eigenvalue weighted by Gasteiger charge is 2.25. The van der Waals surface area contributed by atoms with Crippen molar-refractivity contribution < 1.29 is 0 Å². The largest absolute Gasteiger partial charge is 0.0654 e. The van der Waals surface area contributed by atoms with Gasteiger partial charge in [-0.25, -0.2) is 0 Å². The normalized spacial score (nSPS) is 21.8. The number of unbranched alkanes of at least 4 members (excludes halogenated alkanes) is 2. The van der Waals surface area contributed by atoms with Crippen molar-refractivity contribution in [2.45, 2.75) is 71.1 Å². The Morgan fingerprint density at radius 1 is 0.800 bits per heavy atom. The standard InChI is InChI=1S/C25H34/c1-3-4-6-9-21-12-14-22(15-13-21)20(2)23-16-18-25(19-17-23)24-10-7-5-8-11-24/h5,7-8,10-11,16-22H,3-4,6,9,12-15H2,1-2H3/t20?,21-,22-. The van der Waals surface area contributed by atoms with E-state index < -0.39 is 0 Å². The first kappa shape index (κ1) is 18.2. The van der Waals surface area contributed by atoms with E-state index in [1.165, 1.54) is 68.1 Å². The van der Waals surface area contributed by atoms with E-state index in [4.69, 9.17) is 0 Å². The molecule has 1 atom stereocenters. The van der Waals surface area contributed by atoms with Gasteiger partial charge in [-0.1, -0.05) is 107 Å². The van der Waals surface area contributed by atoms with Crippen LogP contribution < -0.4 is 0 Å². The maximum absolute atomic E-state index is 2.44. The van der Waals surface area contributed by atoms with Crippen LogP contribution in [0.1, 0.15) is 76.7 Å². The molecule has 3 rings (SSSR count). The van der Waals surface area contributed by atoms with Crippen LogP contribution in [0.15, 0.2) is 54.6 Å². The molecule has 0 heterocycles. The van der Waals surface area contributed by atoms with Crippen molar-refractivity contribution in [3.8, 4) is 11.1 Å². The predicted molar refractivity (Wildman–Crippen MR) is 110 cm³/mol. The van der Waals surface area contributed by atoms with Gasteiger partial charge in [-0.15, -0.1) is 0 Å². The minimum absolute atomic E-state index is 0.696.